The number of rotatable bonds is 2. The second-order valence-corrected chi connectivity index (χ2v) is 7.04. The molecule has 4 heteroatoms. The fourth-order valence-corrected chi connectivity index (χ4v) is 3.43. The normalized spacial score (nSPS) is 21.6. The minimum absolute atomic E-state index is 0.0265. The fraction of sp³-hybridized carbons (Fsp3) is 0.882. The molecule has 2 rings (SSSR count). The summed E-state index contributed by atoms with van der Waals surface area (Å²) in [5.74, 6) is 0.0530. The van der Waals surface area contributed by atoms with Crippen molar-refractivity contribution in [3.05, 3.63) is 0 Å². The van der Waals surface area contributed by atoms with Gasteiger partial charge in [-0.05, 0) is 39.5 Å². The van der Waals surface area contributed by atoms with Gasteiger partial charge in [0.25, 0.3) is 0 Å². The van der Waals surface area contributed by atoms with Crippen molar-refractivity contribution in [3.8, 4) is 0 Å². The van der Waals surface area contributed by atoms with E-state index in [0.717, 1.165) is 51.9 Å². The van der Waals surface area contributed by atoms with E-state index in [-0.39, 0.29) is 11.8 Å². The molecule has 2 aliphatic heterocycles. The van der Waals surface area contributed by atoms with E-state index >= 15 is 0 Å². The summed E-state index contributed by atoms with van der Waals surface area (Å²) in [6, 6.07) is 0. The first-order valence-corrected chi connectivity index (χ1v) is 8.62. The lowest BCUT2D eigenvalue weighted by Crippen LogP contribution is -2.51. The topological polar surface area (TPSA) is 40.6 Å². The maximum atomic E-state index is 12.8. The lowest BCUT2D eigenvalue weighted by molar-refractivity contribution is -0.154. The average Bonchev–Trinajstić information content (AvgIpc) is 2.90. The molecule has 2 aliphatic rings. The molecule has 21 heavy (non-hydrogen) atoms. The van der Waals surface area contributed by atoms with Crippen molar-refractivity contribution < 1.29 is 9.59 Å². The van der Waals surface area contributed by atoms with Gasteiger partial charge in [-0.25, -0.2) is 0 Å². The Bertz CT molecular complexity index is 329. The first kappa shape index (κ1) is 16.3. The highest BCUT2D eigenvalue weighted by molar-refractivity contribution is 6.04. The van der Waals surface area contributed by atoms with Gasteiger partial charge in [0.05, 0.1) is 0 Å². The molecule has 2 saturated heterocycles. The predicted molar refractivity (Wildman–Crippen MR) is 83.9 cm³/mol. The highest BCUT2D eigenvalue weighted by Crippen LogP contribution is 2.26. The third-order valence-electron chi connectivity index (χ3n) is 4.86. The molecule has 0 bridgehead atoms. The summed E-state index contributed by atoms with van der Waals surface area (Å²) in [7, 11) is 0. The van der Waals surface area contributed by atoms with E-state index in [1.807, 2.05) is 23.6 Å². The Morgan fingerprint density at radius 2 is 0.905 bits per heavy atom. The fourth-order valence-electron chi connectivity index (χ4n) is 3.43. The van der Waals surface area contributed by atoms with Gasteiger partial charge >= 0.3 is 0 Å². The van der Waals surface area contributed by atoms with Gasteiger partial charge in [0.1, 0.15) is 5.41 Å². The van der Waals surface area contributed by atoms with Crippen molar-refractivity contribution >= 4 is 11.8 Å². The number of hydrogen-bond acceptors (Lipinski definition) is 2. The summed E-state index contributed by atoms with van der Waals surface area (Å²) < 4.78 is 0. The van der Waals surface area contributed by atoms with Crippen molar-refractivity contribution in [3.63, 3.8) is 0 Å². The van der Waals surface area contributed by atoms with E-state index in [9.17, 15) is 9.59 Å². The van der Waals surface area contributed by atoms with Gasteiger partial charge in [0, 0.05) is 26.2 Å². The van der Waals surface area contributed by atoms with Crippen LogP contribution in [0.5, 0.6) is 0 Å². The SMILES string of the molecule is CC(C)(C(=O)N1CCCCCC1)C(=O)N1CCCCCC1. The minimum atomic E-state index is -0.908. The molecule has 0 aliphatic carbocycles. The van der Waals surface area contributed by atoms with E-state index in [0.29, 0.717) is 0 Å². The van der Waals surface area contributed by atoms with Gasteiger partial charge in [-0.15, -0.1) is 0 Å². The molecule has 0 aromatic carbocycles. The van der Waals surface area contributed by atoms with Gasteiger partial charge in [-0.3, -0.25) is 9.59 Å². The number of hydrogen-bond donors (Lipinski definition) is 0. The van der Waals surface area contributed by atoms with Crippen molar-refractivity contribution in [2.75, 3.05) is 26.2 Å². The number of nitrogens with zero attached hydrogens (tertiary/aromatic N) is 2. The molecule has 0 spiro atoms. The zero-order valence-corrected chi connectivity index (χ0v) is 13.7. The summed E-state index contributed by atoms with van der Waals surface area (Å²) in [6.07, 6.45) is 9.07. The lowest BCUT2D eigenvalue weighted by atomic mass is 9.89. The highest BCUT2D eigenvalue weighted by Gasteiger charge is 2.41. The molecular weight excluding hydrogens is 264 g/mol. The molecule has 0 saturated carbocycles. The van der Waals surface area contributed by atoms with Crippen LogP contribution in [0.1, 0.15) is 65.2 Å². The van der Waals surface area contributed by atoms with Crippen LogP contribution in [0.15, 0.2) is 0 Å². The van der Waals surface area contributed by atoms with E-state index in [4.69, 9.17) is 0 Å². The van der Waals surface area contributed by atoms with Crippen LogP contribution in [0.25, 0.3) is 0 Å². The van der Waals surface area contributed by atoms with E-state index < -0.39 is 5.41 Å². The summed E-state index contributed by atoms with van der Waals surface area (Å²) in [5, 5.41) is 0. The molecule has 0 N–H and O–H groups in total. The Morgan fingerprint density at radius 3 is 1.19 bits per heavy atom. The summed E-state index contributed by atoms with van der Waals surface area (Å²) in [4.78, 5) is 29.5. The van der Waals surface area contributed by atoms with Crippen LogP contribution < -0.4 is 0 Å². The van der Waals surface area contributed by atoms with Crippen molar-refractivity contribution in [2.45, 2.75) is 65.2 Å². The largest absolute Gasteiger partial charge is 0.342 e. The monoisotopic (exact) mass is 294 g/mol. The Kier molecular flexibility index (Phi) is 5.65. The first-order chi connectivity index (χ1) is 10.0. The summed E-state index contributed by atoms with van der Waals surface area (Å²) in [6.45, 7) is 6.89. The lowest BCUT2D eigenvalue weighted by Gasteiger charge is -2.34. The number of amides is 2. The average molecular weight is 294 g/mol. The maximum absolute atomic E-state index is 12.8. The van der Waals surface area contributed by atoms with E-state index in [1.54, 1.807) is 0 Å². The molecule has 120 valence electrons. The number of carbonyl (C=O) groups is 2. The van der Waals surface area contributed by atoms with E-state index in [2.05, 4.69) is 0 Å². The van der Waals surface area contributed by atoms with Crippen molar-refractivity contribution in [1.82, 2.24) is 9.80 Å². The molecule has 2 fully saturated rings. The highest BCUT2D eigenvalue weighted by atomic mass is 16.2. The van der Waals surface area contributed by atoms with Crippen LogP contribution >= 0.6 is 0 Å². The Labute approximate surface area is 128 Å². The predicted octanol–water partition coefficient (Wildman–Crippen LogP) is 2.82. The molecule has 0 unspecified atom stereocenters. The summed E-state index contributed by atoms with van der Waals surface area (Å²) in [5.41, 5.74) is -0.908. The Balaban J connectivity index is 2.03. The van der Waals surface area contributed by atoms with Crippen molar-refractivity contribution in [1.29, 1.82) is 0 Å². The molecular formula is C17H30N2O2. The van der Waals surface area contributed by atoms with Gasteiger partial charge in [-0.2, -0.15) is 0 Å². The quantitative estimate of drug-likeness (QED) is 0.735. The number of carbonyl (C=O) groups excluding carboxylic acids is 2. The smallest absolute Gasteiger partial charge is 0.237 e. The standard InChI is InChI=1S/C17H30N2O2/c1-17(2,15(20)18-11-7-3-4-8-12-18)16(21)19-13-9-5-6-10-14-19/h3-14H2,1-2H3. The minimum Gasteiger partial charge on any atom is -0.342 e. The van der Waals surface area contributed by atoms with Crippen LogP contribution in [0.2, 0.25) is 0 Å². The zero-order valence-electron chi connectivity index (χ0n) is 13.7. The summed E-state index contributed by atoms with van der Waals surface area (Å²) >= 11 is 0. The van der Waals surface area contributed by atoms with Crippen LogP contribution in [0.3, 0.4) is 0 Å². The second kappa shape index (κ2) is 7.28. The Hall–Kier alpha value is -1.06. The molecule has 2 heterocycles. The third kappa shape index (κ3) is 3.98. The number of likely N-dealkylation sites (tertiary alicyclic amines) is 2. The van der Waals surface area contributed by atoms with Crippen molar-refractivity contribution in [2.24, 2.45) is 5.41 Å². The van der Waals surface area contributed by atoms with Crippen LogP contribution in [0.4, 0.5) is 0 Å². The van der Waals surface area contributed by atoms with Gasteiger partial charge in [-0.1, -0.05) is 25.7 Å². The van der Waals surface area contributed by atoms with Crippen LogP contribution in [-0.2, 0) is 9.59 Å². The molecule has 0 radical (unpaired) electrons. The Morgan fingerprint density at radius 1 is 0.619 bits per heavy atom. The zero-order chi connectivity index (χ0) is 15.3. The van der Waals surface area contributed by atoms with E-state index in [1.165, 1.54) is 25.7 Å². The van der Waals surface area contributed by atoms with Crippen LogP contribution in [0, 0.1) is 5.41 Å². The van der Waals surface area contributed by atoms with Gasteiger partial charge in [0.15, 0.2) is 0 Å². The molecule has 2 amide bonds. The van der Waals surface area contributed by atoms with Gasteiger partial charge in [0.2, 0.25) is 11.8 Å². The molecule has 0 aromatic heterocycles. The molecule has 0 aromatic rings. The first-order valence-electron chi connectivity index (χ1n) is 8.62. The molecule has 0 atom stereocenters. The third-order valence-corrected chi connectivity index (χ3v) is 4.86. The maximum Gasteiger partial charge on any atom is 0.237 e. The molecule has 4 nitrogen and oxygen atoms in total. The van der Waals surface area contributed by atoms with Crippen LogP contribution in [-0.4, -0.2) is 47.8 Å². The van der Waals surface area contributed by atoms with Gasteiger partial charge < -0.3 is 9.80 Å². The second-order valence-electron chi connectivity index (χ2n) is 7.04.